The molecule has 0 fully saturated rings. The third kappa shape index (κ3) is 5.32. The van der Waals surface area contributed by atoms with Crippen LogP contribution in [0.15, 0.2) is 42.5 Å². The molecular weight excluding hydrogens is 373 g/mol. The molecule has 0 saturated carbocycles. The molecule has 0 aromatic heterocycles. The lowest BCUT2D eigenvalue weighted by Crippen LogP contribution is -2.45. The van der Waals surface area contributed by atoms with Crippen LogP contribution >= 0.6 is 0 Å². The van der Waals surface area contributed by atoms with E-state index < -0.39 is 6.10 Å². The lowest BCUT2D eigenvalue weighted by Gasteiger charge is -2.33. The number of halogens is 1. The summed E-state index contributed by atoms with van der Waals surface area (Å²) in [5.41, 5.74) is 1.96. The third-order valence-corrected chi connectivity index (χ3v) is 4.72. The Morgan fingerprint density at radius 2 is 1.93 bits per heavy atom. The number of amides is 2. The summed E-state index contributed by atoms with van der Waals surface area (Å²) in [4.78, 5) is 28.8. The van der Waals surface area contributed by atoms with Gasteiger partial charge in [0.25, 0.3) is 5.91 Å². The number of carbonyl (C=O) groups is 2. The van der Waals surface area contributed by atoms with Gasteiger partial charge in [0.05, 0.1) is 12.1 Å². The van der Waals surface area contributed by atoms with E-state index in [0.29, 0.717) is 23.7 Å². The number of nitrogens with one attached hydrogen (secondary N) is 1. The SMILES string of the molecule is CC1Oc2ccc(NC(=O)Cc3ccc(F)cc3)cc2N(CCCN(C)C)C1=O. The molecule has 0 saturated heterocycles. The van der Waals surface area contributed by atoms with Gasteiger partial charge in [-0.15, -0.1) is 0 Å². The van der Waals surface area contributed by atoms with Gasteiger partial charge in [-0.25, -0.2) is 4.39 Å². The van der Waals surface area contributed by atoms with Crippen LogP contribution in [-0.2, 0) is 16.0 Å². The molecular formula is C22H26FN3O3. The van der Waals surface area contributed by atoms with Gasteiger partial charge in [-0.1, -0.05) is 12.1 Å². The van der Waals surface area contributed by atoms with E-state index in [1.165, 1.54) is 12.1 Å². The van der Waals surface area contributed by atoms with Gasteiger partial charge in [-0.05, 0) is 69.9 Å². The van der Waals surface area contributed by atoms with E-state index in [0.717, 1.165) is 18.5 Å². The van der Waals surface area contributed by atoms with E-state index in [4.69, 9.17) is 4.74 Å². The maximum Gasteiger partial charge on any atom is 0.267 e. The van der Waals surface area contributed by atoms with Gasteiger partial charge in [0.2, 0.25) is 5.91 Å². The molecule has 2 aromatic rings. The fraction of sp³-hybridized carbons (Fsp3) is 0.364. The van der Waals surface area contributed by atoms with E-state index in [1.807, 2.05) is 14.1 Å². The molecule has 29 heavy (non-hydrogen) atoms. The Labute approximate surface area is 170 Å². The predicted octanol–water partition coefficient (Wildman–Crippen LogP) is 3.07. The zero-order chi connectivity index (χ0) is 21.0. The summed E-state index contributed by atoms with van der Waals surface area (Å²) in [6, 6.07) is 11.1. The van der Waals surface area contributed by atoms with E-state index in [1.54, 1.807) is 42.2 Å². The Kier molecular flexibility index (Phi) is 6.49. The molecule has 1 N–H and O–H groups in total. The molecule has 0 bridgehead atoms. The van der Waals surface area contributed by atoms with E-state index >= 15 is 0 Å². The number of nitrogens with zero attached hydrogens (tertiary/aromatic N) is 2. The second-order valence-corrected chi connectivity index (χ2v) is 7.44. The zero-order valence-electron chi connectivity index (χ0n) is 16.9. The second-order valence-electron chi connectivity index (χ2n) is 7.44. The van der Waals surface area contributed by atoms with Crippen LogP contribution in [0.4, 0.5) is 15.8 Å². The zero-order valence-corrected chi connectivity index (χ0v) is 16.9. The molecule has 6 nitrogen and oxygen atoms in total. The van der Waals surface area contributed by atoms with Gasteiger partial charge < -0.3 is 19.9 Å². The maximum absolute atomic E-state index is 13.0. The normalized spacial score (nSPS) is 15.8. The van der Waals surface area contributed by atoms with Crippen LogP contribution in [0, 0.1) is 5.82 Å². The number of rotatable bonds is 7. The molecule has 7 heteroatoms. The van der Waals surface area contributed by atoms with Gasteiger partial charge in [0.1, 0.15) is 11.6 Å². The Morgan fingerprint density at radius 3 is 2.62 bits per heavy atom. The average Bonchev–Trinajstić information content (AvgIpc) is 2.67. The Hall–Kier alpha value is -2.93. The first-order chi connectivity index (χ1) is 13.8. The van der Waals surface area contributed by atoms with Crippen molar-refractivity contribution in [2.75, 3.05) is 37.4 Å². The summed E-state index contributed by atoms with van der Waals surface area (Å²) in [7, 11) is 3.99. The topological polar surface area (TPSA) is 61.9 Å². The summed E-state index contributed by atoms with van der Waals surface area (Å²) in [5, 5.41) is 2.84. The molecule has 1 aliphatic heterocycles. The van der Waals surface area contributed by atoms with Gasteiger partial charge in [-0.2, -0.15) is 0 Å². The van der Waals surface area contributed by atoms with Gasteiger partial charge in [0.15, 0.2) is 6.10 Å². The smallest absolute Gasteiger partial charge is 0.267 e. The molecule has 2 amide bonds. The van der Waals surface area contributed by atoms with E-state index in [2.05, 4.69) is 10.2 Å². The minimum atomic E-state index is -0.541. The highest BCUT2D eigenvalue weighted by atomic mass is 19.1. The largest absolute Gasteiger partial charge is 0.479 e. The molecule has 154 valence electrons. The lowest BCUT2D eigenvalue weighted by molar-refractivity contribution is -0.125. The van der Waals surface area contributed by atoms with Crippen LogP contribution in [-0.4, -0.2) is 50.0 Å². The highest BCUT2D eigenvalue weighted by Crippen LogP contribution is 2.36. The Balaban J connectivity index is 1.73. The molecule has 2 aromatic carbocycles. The average molecular weight is 399 g/mol. The molecule has 3 rings (SSSR count). The minimum absolute atomic E-state index is 0.0916. The number of carbonyl (C=O) groups excluding carboxylic acids is 2. The van der Waals surface area contributed by atoms with Crippen LogP contribution in [0.2, 0.25) is 0 Å². The molecule has 1 atom stereocenters. The predicted molar refractivity (Wildman–Crippen MR) is 111 cm³/mol. The number of hydrogen-bond donors (Lipinski definition) is 1. The molecule has 0 radical (unpaired) electrons. The monoisotopic (exact) mass is 399 g/mol. The van der Waals surface area contributed by atoms with Crippen molar-refractivity contribution in [1.82, 2.24) is 4.90 Å². The number of hydrogen-bond acceptors (Lipinski definition) is 4. The van der Waals surface area contributed by atoms with Gasteiger partial charge >= 0.3 is 0 Å². The molecule has 0 spiro atoms. The van der Waals surface area contributed by atoms with Crippen molar-refractivity contribution in [3.63, 3.8) is 0 Å². The quantitative estimate of drug-likeness (QED) is 0.777. The van der Waals surface area contributed by atoms with Crippen LogP contribution in [0.25, 0.3) is 0 Å². The molecule has 1 unspecified atom stereocenters. The van der Waals surface area contributed by atoms with Crippen molar-refractivity contribution in [2.24, 2.45) is 0 Å². The fourth-order valence-electron chi connectivity index (χ4n) is 3.25. The first kappa shape index (κ1) is 20.8. The first-order valence-corrected chi connectivity index (χ1v) is 9.64. The van der Waals surface area contributed by atoms with Crippen LogP contribution in [0.1, 0.15) is 18.9 Å². The van der Waals surface area contributed by atoms with Crippen molar-refractivity contribution < 1.29 is 18.7 Å². The second kappa shape index (κ2) is 9.05. The Morgan fingerprint density at radius 1 is 1.21 bits per heavy atom. The summed E-state index contributed by atoms with van der Waals surface area (Å²) in [5.74, 6) is -0.0197. The summed E-state index contributed by atoms with van der Waals surface area (Å²) < 4.78 is 18.7. The lowest BCUT2D eigenvalue weighted by atomic mass is 10.1. The highest BCUT2D eigenvalue weighted by molar-refractivity contribution is 6.01. The number of anilines is 2. The van der Waals surface area contributed by atoms with Crippen LogP contribution in [0.3, 0.4) is 0 Å². The maximum atomic E-state index is 13.0. The van der Waals surface area contributed by atoms with Crippen molar-refractivity contribution in [1.29, 1.82) is 0 Å². The van der Waals surface area contributed by atoms with Gasteiger partial charge in [-0.3, -0.25) is 9.59 Å². The van der Waals surface area contributed by atoms with Crippen LogP contribution < -0.4 is 15.0 Å². The van der Waals surface area contributed by atoms with E-state index in [-0.39, 0.29) is 24.1 Å². The van der Waals surface area contributed by atoms with Crippen LogP contribution in [0.5, 0.6) is 5.75 Å². The highest BCUT2D eigenvalue weighted by Gasteiger charge is 2.31. The third-order valence-electron chi connectivity index (χ3n) is 4.72. The first-order valence-electron chi connectivity index (χ1n) is 9.64. The van der Waals surface area contributed by atoms with E-state index in [9.17, 15) is 14.0 Å². The number of fused-ring (bicyclic) bond motifs is 1. The minimum Gasteiger partial charge on any atom is -0.479 e. The van der Waals surface area contributed by atoms with Crippen molar-refractivity contribution in [2.45, 2.75) is 25.9 Å². The standard InChI is InChI=1S/C22H26FN3O3/c1-15-22(28)26(12-4-11-25(2)3)19-14-18(9-10-20(19)29-15)24-21(27)13-16-5-7-17(23)8-6-16/h5-10,14-15H,4,11-13H2,1-3H3,(H,24,27). The molecule has 0 aliphatic carbocycles. The van der Waals surface area contributed by atoms with Crippen molar-refractivity contribution in [3.05, 3.63) is 53.8 Å². The summed E-state index contributed by atoms with van der Waals surface area (Å²) in [6.07, 6.45) is 0.420. The summed E-state index contributed by atoms with van der Waals surface area (Å²) >= 11 is 0. The van der Waals surface area contributed by atoms with Crippen molar-refractivity contribution >= 4 is 23.2 Å². The fourth-order valence-corrected chi connectivity index (χ4v) is 3.25. The molecule has 1 aliphatic rings. The van der Waals surface area contributed by atoms with Gasteiger partial charge in [0, 0.05) is 12.2 Å². The Bertz CT molecular complexity index is 883. The number of benzene rings is 2. The number of ether oxygens (including phenoxy) is 1. The summed E-state index contributed by atoms with van der Waals surface area (Å²) in [6.45, 7) is 3.18. The van der Waals surface area contributed by atoms with Crippen molar-refractivity contribution in [3.8, 4) is 5.75 Å². The molecule has 1 heterocycles.